The molecule has 0 fully saturated rings. The van der Waals surface area contributed by atoms with Crippen molar-refractivity contribution in [1.29, 1.82) is 0 Å². The molecule has 0 aliphatic heterocycles. The zero-order valence-corrected chi connectivity index (χ0v) is 12.1. The lowest BCUT2D eigenvalue weighted by Crippen LogP contribution is -1.83. The molecule has 1 heterocycles. The van der Waals surface area contributed by atoms with E-state index in [1.54, 1.807) is 19.4 Å². The standard InChI is InChI=1S/C16H13ClN2O2/c1-21-10-6-7-14-11(8-10)12(16(20)19-14)9-18-15-5-3-2-4-13(15)17/h2-9,19-20H,1H3. The van der Waals surface area contributed by atoms with Crippen LogP contribution in [0.4, 0.5) is 5.69 Å². The second-order valence-electron chi connectivity index (χ2n) is 4.51. The first-order valence-electron chi connectivity index (χ1n) is 6.36. The SMILES string of the molecule is COc1ccc2[nH]c(O)c(C=Nc3ccccc3Cl)c2c1. The van der Waals surface area contributed by atoms with Gasteiger partial charge in [0.05, 0.1) is 23.4 Å². The van der Waals surface area contributed by atoms with E-state index in [-0.39, 0.29) is 5.88 Å². The zero-order valence-electron chi connectivity index (χ0n) is 11.3. The fourth-order valence-electron chi connectivity index (χ4n) is 2.13. The fourth-order valence-corrected chi connectivity index (χ4v) is 2.31. The predicted octanol–water partition coefficient (Wildman–Crippen LogP) is 4.29. The van der Waals surface area contributed by atoms with Crippen molar-refractivity contribution in [3.8, 4) is 11.6 Å². The van der Waals surface area contributed by atoms with Gasteiger partial charge in [0.25, 0.3) is 0 Å². The number of H-pyrrole nitrogens is 1. The van der Waals surface area contributed by atoms with Gasteiger partial charge in [-0.15, -0.1) is 0 Å². The summed E-state index contributed by atoms with van der Waals surface area (Å²) in [5.41, 5.74) is 2.06. The average Bonchev–Trinajstić information content (AvgIpc) is 2.81. The number of aromatic amines is 1. The molecule has 0 saturated carbocycles. The third-order valence-electron chi connectivity index (χ3n) is 3.21. The molecule has 0 aliphatic rings. The van der Waals surface area contributed by atoms with E-state index in [1.807, 2.05) is 36.4 Å². The Kier molecular flexibility index (Phi) is 3.54. The summed E-state index contributed by atoms with van der Waals surface area (Å²) in [6, 6.07) is 12.8. The van der Waals surface area contributed by atoms with Gasteiger partial charge in [-0.1, -0.05) is 23.7 Å². The van der Waals surface area contributed by atoms with Crippen molar-refractivity contribution in [3.05, 3.63) is 53.1 Å². The number of methoxy groups -OCH3 is 1. The van der Waals surface area contributed by atoms with Crippen molar-refractivity contribution in [2.75, 3.05) is 7.11 Å². The topological polar surface area (TPSA) is 57.6 Å². The predicted molar refractivity (Wildman–Crippen MR) is 85.2 cm³/mol. The first kappa shape index (κ1) is 13.5. The van der Waals surface area contributed by atoms with Crippen molar-refractivity contribution >= 4 is 34.4 Å². The zero-order chi connectivity index (χ0) is 14.8. The molecular formula is C16H13ClN2O2. The summed E-state index contributed by atoms with van der Waals surface area (Å²) in [7, 11) is 1.60. The third kappa shape index (κ3) is 2.58. The minimum absolute atomic E-state index is 0.0639. The number of benzene rings is 2. The number of para-hydroxylation sites is 1. The lowest BCUT2D eigenvalue weighted by molar-refractivity contribution is 0.415. The lowest BCUT2D eigenvalue weighted by atomic mass is 10.1. The highest BCUT2D eigenvalue weighted by Crippen LogP contribution is 2.30. The third-order valence-corrected chi connectivity index (χ3v) is 3.53. The molecule has 21 heavy (non-hydrogen) atoms. The van der Waals surface area contributed by atoms with Gasteiger partial charge in [-0.3, -0.25) is 4.99 Å². The minimum Gasteiger partial charge on any atom is -0.497 e. The van der Waals surface area contributed by atoms with E-state index in [2.05, 4.69) is 9.98 Å². The van der Waals surface area contributed by atoms with Gasteiger partial charge in [0.2, 0.25) is 0 Å². The Labute approximate surface area is 126 Å². The van der Waals surface area contributed by atoms with E-state index >= 15 is 0 Å². The largest absolute Gasteiger partial charge is 0.497 e. The van der Waals surface area contributed by atoms with Crippen LogP contribution in [-0.4, -0.2) is 23.4 Å². The summed E-state index contributed by atoms with van der Waals surface area (Å²) in [6.45, 7) is 0. The van der Waals surface area contributed by atoms with E-state index in [0.29, 0.717) is 22.0 Å². The number of halogens is 1. The highest BCUT2D eigenvalue weighted by atomic mass is 35.5. The summed E-state index contributed by atoms with van der Waals surface area (Å²) < 4.78 is 5.21. The maximum atomic E-state index is 10.0. The van der Waals surface area contributed by atoms with Gasteiger partial charge in [0, 0.05) is 17.1 Å². The van der Waals surface area contributed by atoms with Crippen LogP contribution >= 0.6 is 11.6 Å². The van der Waals surface area contributed by atoms with Gasteiger partial charge in [0.15, 0.2) is 5.88 Å². The van der Waals surface area contributed by atoms with Crippen molar-refractivity contribution in [1.82, 2.24) is 4.98 Å². The number of nitrogens with zero attached hydrogens (tertiary/aromatic N) is 1. The number of fused-ring (bicyclic) bond motifs is 1. The fraction of sp³-hybridized carbons (Fsp3) is 0.0625. The highest BCUT2D eigenvalue weighted by Gasteiger charge is 2.10. The van der Waals surface area contributed by atoms with Crippen molar-refractivity contribution < 1.29 is 9.84 Å². The van der Waals surface area contributed by atoms with Crippen LogP contribution in [0, 0.1) is 0 Å². The van der Waals surface area contributed by atoms with E-state index in [1.165, 1.54) is 0 Å². The van der Waals surface area contributed by atoms with Crippen LogP contribution in [0.3, 0.4) is 0 Å². The van der Waals surface area contributed by atoms with Crippen LogP contribution in [-0.2, 0) is 0 Å². The van der Waals surface area contributed by atoms with Gasteiger partial charge >= 0.3 is 0 Å². The molecule has 4 nitrogen and oxygen atoms in total. The highest BCUT2D eigenvalue weighted by molar-refractivity contribution is 6.33. The molecule has 0 saturated heterocycles. The number of rotatable bonds is 3. The quantitative estimate of drug-likeness (QED) is 0.709. The van der Waals surface area contributed by atoms with E-state index in [0.717, 1.165) is 10.9 Å². The summed E-state index contributed by atoms with van der Waals surface area (Å²) >= 11 is 6.07. The van der Waals surface area contributed by atoms with Crippen molar-refractivity contribution in [3.63, 3.8) is 0 Å². The summed E-state index contributed by atoms with van der Waals surface area (Å²) in [4.78, 5) is 7.24. The maximum Gasteiger partial charge on any atom is 0.198 e. The normalized spacial score (nSPS) is 11.3. The van der Waals surface area contributed by atoms with Crippen LogP contribution in [0.5, 0.6) is 11.6 Å². The van der Waals surface area contributed by atoms with Gasteiger partial charge in [0.1, 0.15) is 5.75 Å². The second-order valence-corrected chi connectivity index (χ2v) is 4.92. The number of ether oxygens (including phenoxy) is 1. The van der Waals surface area contributed by atoms with Crippen LogP contribution in [0.1, 0.15) is 5.56 Å². The smallest absolute Gasteiger partial charge is 0.198 e. The van der Waals surface area contributed by atoms with Gasteiger partial charge in [-0.05, 0) is 30.3 Å². The summed E-state index contributed by atoms with van der Waals surface area (Å²) in [6.07, 6.45) is 1.59. The Morgan fingerprint density at radius 3 is 2.81 bits per heavy atom. The van der Waals surface area contributed by atoms with Gasteiger partial charge < -0.3 is 14.8 Å². The Hall–Kier alpha value is -2.46. The first-order valence-corrected chi connectivity index (χ1v) is 6.74. The number of hydrogen-bond acceptors (Lipinski definition) is 3. The molecule has 0 spiro atoms. The van der Waals surface area contributed by atoms with Crippen molar-refractivity contribution in [2.24, 2.45) is 4.99 Å². The molecule has 0 unspecified atom stereocenters. The molecule has 2 N–H and O–H groups in total. The Balaban J connectivity index is 2.07. The maximum absolute atomic E-state index is 10.0. The Morgan fingerprint density at radius 1 is 1.24 bits per heavy atom. The molecule has 0 radical (unpaired) electrons. The number of aliphatic imine (C=N–C) groups is 1. The van der Waals surface area contributed by atoms with Crippen molar-refractivity contribution in [2.45, 2.75) is 0 Å². The number of nitrogens with one attached hydrogen (secondary N) is 1. The van der Waals surface area contributed by atoms with Crippen LogP contribution in [0.2, 0.25) is 5.02 Å². The number of aromatic hydroxyl groups is 1. The first-order chi connectivity index (χ1) is 10.2. The van der Waals surface area contributed by atoms with Crippen LogP contribution < -0.4 is 4.74 Å². The Morgan fingerprint density at radius 2 is 2.05 bits per heavy atom. The lowest BCUT2D eigenvalue weighted by Gasteiger charge is -1.99. The number of hydrogen-bond donors (Lipinski definition) is 2. The summed E-state index contributed by atoms with van der Waals surface area (Å²) in [5, 5.41) is 11.4. The van der Waals surface area contributed by atoms with Gasteiger partial charge in [-0.25, -0.2) is 0 Å². The molecule has 106 valence electrons. The molecule has 0 aliphatic carbocycles. The van der Waals surface area contributed by atoms with E-state index in [9.17, 15) is 5.11 Å². The average molecular weight is 301 g/mol. The molecular weight excluding hydrogens is 288 g/mol. The second kappa shape index (κ2) is 5.50. The monoisotopic (exact) mass is 300 g/mol. The molecule has 0 atom stereocenters. The van der Waals surface area contributed by atoms with Gasteiger partial charge in [-0.2, -0.15) is 0 Å². The number of aromatic nitrogens is 1. The molecule has 2 aromatic carbocycles. The van der Waals surface area contributed by atoms with Crippen LogP contribution in [0.25, 0.3) is 10.9 Å². The molecule has 3 rings (SSSR count). The van der Waals surface area contributed by atoms with E-state index < -0.39 is 0 Å². The minimum atomic E-state index is 0.0639. The van der Waals surface area contributed by atoms with E-state index in [4.69, 9.17) is 16.3 Å². The Bertz CT molecular complexity index is 824. The molecule has 5 heteroatoms. The molecule has 0 amide bonds. The molecule has 1 aromatic heterocycles. The molecule has 0 bridgehead atoms. The molecule has 3 aromatic rings. The van der Waals surface area contributed by atoms with Crippen LogP contribution in [0.15, 0.2) is 47.5 Å². The summed E-state index contributed by atoms with van der Waals surface area (Å²) in [5.74, 6) is 0.781.